The number of nitrogens with one attached hydrogen (secondary N) is 2. The second-order valence-corrected chi connectivity index (χ2v) is 11.2. The Kier molecular flexibility index (Phi) is 7.07. The van der Waals surface area contributed by atoms with E-state index in [1.54, 1.807) is 0 Å². The van der Waals surface area contributed by atoms with Gasteiger partial charge in [0, 0.05) is 54.7 Å². The van der Waals surface area contributed by atoms with Crippen LogP contribution < -0.4 is 15.8 Å². The number of nitrogens with zero attached hydrogens (tertiary/aromatic N) is 2. The van der Waals surface area contributed by atoms with E-state index in [0.717, 1.165) is 42.6 Å². The predicted molar refractivity (Wildman–Crippen MR) is 146 cm³/mol. The van der Waals surface area contributed by atoms with Gasteiger partial charge in [-0.05, 0) is 101 Å². The molecule has 1 saturated carbocycles. The molecule has 0 bridgehead atoms. The Hall–Kier alpha value is -2.86. The normalized spacial score (nSPS) is 20.5. The third kappa shape index (κ3) is 4.88. The predicted octanol–water partition coefficient (Wildman–Crippen LogP) is 4.36. The number of allylic oxidation sites excluding steroid dienone is 2. The van der Waals surface area contributed by atoms with E-state index in [2.05, 4.69) is 52.3 Å². The Balaban J connectivity index is 1.42. The van der Waals surface area contributed by atoms with Gasteiger partial charge in [0.25, 0.3) is 11.5 Å². The molecular formula is C30H40N4O2. The molecule has 2 fully saturated rings. The number of aromatic nitrogens is 1. The molecule has 0 atom stereocenters. The smallest absolute Gasteiger partial charge is 0.253 e. The second kappa shape index (κ2) is 10.3. The largest absolute Gasteiger partial charge is 0.369 e. The summed E-state index contributed by atoms with van der Waals surface area (Å²) >= 11 is 0. The first kappa shape index (κ1) is 24.8. The highest BCUT2D eigenvalue weighted by Gasteiger charge is 2.44. The Morgan fingerprint density at radius 1 is 1.11 bits per heavy atom. The molecule has 1 spiro atoms. The van der Waals surface area contributed by atoms with Crippen molar-refractivity contribution < 1.29 is 4.79 Å². The highest BCUT2D eigenvalue weighted by molar-refractivity contribution is 5.97. The lowest BCUT2D eigenvalue weighted by Crippen LogP contribution is -2.57. The van der Waals surface area contributed by atoms with Crippen LogP contribution in [-0.2, 0) is 19.4 Å². The zero-order valence-electron chi connectivity index (χ0n) is 22.0. The number of carbonyl (C=O) groups excluding carboxylic acids is 1. The molecule has 2 aliphatic heterocycles. The molecule has 36 heavy (non-hydrogen) atoms. The average molecular weight is 489 g/mol. The number of H-pyrrole nitrogens is 1. The van der Waals surface area contributed by atoms with Crippen LogP contribution in [0, 0.1) is 12.3 Å². The van der Waals surface area contributed by atoms with Gasteiger partial charge in [0.2, 0.25) is 0 Å². The van der Waals surface area contributed by atoms with Crippen molar-refractivity contribution in [2.24, 2.45) is 5.41 Å². The molecule has 2 aromatic rings. The Labute approximate surface area is 214 Å². The summed E-state index contributed by atoms with van der Waals surface area (Å²) in [6, 6.07) is 8.69. The van der Waals surface area contributed by atoms with Gasteiger partial charge in [0.1, 0.15) is 0 Å². The molecule has 5 rings (SSSR count). The number of aromatic amines is 1. The molecule has 0 radical (unpaired) electrons. The van der Waals surface area contributed by atoms with Gasteiger partial charge >= 0.3 is 0 Å². The maximum Gasteiger partial charge on any atom is 0.253 e. The summed E-state index contributed by atoms with van der Waals surface area (Å²) in [5.41, 5.74) is 5.96. The van der Waals surface area contributed by atoms with Crippen LogP contribution in [0.4, 0.5) is 5.69 Å². The van der Waals surface area contributed by atoms with Crippen molar-refractivity contribution >= 4 is 11.6 Å². The SMILES string of the molecule is CCN(c1cccc2c1CC=CCCc1cc(C)[nH]c(=O)c1CNC2=O)C1CCC2(CC1)CN(C)C2. The quantitative estimate of drug-likeness (QED) is 0.630. The van der Waals surface area contributed by atoms with E-state index in [1.807, 2.05) is 25.1 Å². The summed E-state index contributed by atoms with van der Waals surface area (Å²) in [6.07, 6.45) is 11.8. The Morgan fingerprint density at radius 3 is 2.61 bits per heavy atom. The number of pyridine rings is 1. The molecule has 0 unspecified atom stereocenters. The van der Waals surface area contributed by atoms with Crippen LogP contribution in [0.1, 0.15) is 71.8 Å². The number of hydrogen-bond acceptors (Lipinski definition) is 4. The van der Waals surface area contributed by atoms with Crippen molar-refractivity contribution in [2.45, 2.75) is 71.4 Å². The monoisotopic (exact) mass is 488 g/mol. The molecule has 6 nitrogen and oxygen atoms in total. The van der Waals surface area contributed by atoms with Gasteiger partial charge in [0.15, 0.2) is 0 Å². The number of hydrogen-bond donors (Lipinski definition) is 2. The van der Waals surface area contributed by atoms with E-state index in [-0.39, 0.29) is 18.0 Å². The molecule has 1 aromatic heterocycles. The zero-order valence-corrected chi connectivity index (χ0v) is 22.0. The fraction of sp³-hybridized carbons (Fsp3) is 0.533. The molecule has 192 valence electrons. The minimum absolute atomic E-state index is 0.106. The van der Waals surface area contributed by atoms with Crippen LogP contribution in [0.3, 0.4) is 0 Å². The van der Waals surface area contributed by atoms with Gasteiger partial charge in [0.05, 0.1) is 0 Å². The highest BCUT2D eigenvalue weighted by Crippen LogP contribution is 2.45. The lowest BCUT2D eigenvalue weighted by atomic mass is 9.67. The molecule has 1 amide bonds. The zero-order chi connectivity index (χ0) is 25.3. The molecular weight excluding hydrogens is 448 g/mol. The number of fused-ring (bicyclic) bond motifs is 2. The van der Waals surface area contributed by atoms with E-state index in [1.165, 1.54) is 44.5 Å². The van der Waals surface area contributed by atoms with E-state index in [4.69, 9.17) is 0 Å². The van der Waals surface area contributed by atoms with Crippen molar-refractivity contribution in [3.8, 4) is 0 Å². The maximum absolute atomic E-state index is 13.4. The van der Waals surface area contributed by atoms with E-state index in [9.17, 15) is 9.59 Å². The standard InChI is InChI=1S/C30H40N4O2/c1-4-34(23-13-15-30(16-14-23)19-33(3)20-30)27-12-8-11-25-24(27)10-7-5-6-9-22-17-21(2)32-29(36)26(22)18-31-28(25)35/h5,7-8,11-12,17,23H,4,6,9-10,13-16,18-20H2,1-3H3,(H,31,35)(H,32,36). The number of rotatable bonds is 3. The van der Waals surface area contributed by atoms with Gasteiger partial charge in [-0.15, -0.1) is 0 Å². The van der Waals surface area contributed by atoms with Crippen molar-refractivity contribution in [3.63, 3.8) is 0 Å². The third-order valence-corrected chi connectivity index (χ3v) is 8.57. The number of likely N-dealkylation sites (tertiary alicyclic amines) is 1. The van der Waals surface area contributed by atoms with Crippen LogP contribution in [0.25, 0.3) is 0 Å². The molecule has 1 aliphatic carbocycles. The molecule has 6 heteroatoms. The molecule has 1 saturated heterocycles. The van der Waals surface area contributed by atoms with Crippen molar-refractivity contribution in [3.05, 3.63) is 74.7 Å². The summed E-state index contributed by atoms with van der Waals surface area (Å²) in [7, 11) is 2.22. The second-order valence-electron chi connectivity index (χ2n) is 11.2. The highest BCUT2D eigenvalue weighted by atomic mass is 16.1. The van der Waals surface area contributed by atoms with Crippen LogP contribution in [-0.4, -0.2) is 48.5 Å². The number of amides is 1. The summed E-state index contributed by atoms with van der Waals surface area (Å²) < 4.78 is 0. The van der Waals surface area contributed by atoms with Crippen molar-refractivity contribution in [2.75, 3.05) is 31.6 Å². The number of benzene rings is 1. The third-order valence-electron chi connectivity index (χ3n) is 8.57. The number of anilines is 1. The summed E-state index contributed by atoms with van der Waals surface area (Å²) in [6.45, 7) is 7.79. The molecule has 3 aliphatic rings. The van der Waals surface area contributed by atoms with Crippen molar-refractivity contribution in [1.82, 2.24) is 15.2 Å². The Morgan fingerprint density at radius 2 is 1.89 bits per heavy atom. The maximum atomic E-state index is 13.4. The summed E-state index contributed by atoms with van der Waals surface area (Å²) in [4.78, 5) is 34.0. The number of aryl methyl sites for hydroxylation is 2. The summed E-state index contributed by atoms with van der Waals surface area (Å²) in [5, 5.41) is 3.06. The molecule has 2 N–H and O–H groups in total. The van der Waals surface area contributed by atoms with Crippen LogP contribution in [0.5, 0.6) is 0 Å². The lowest BCUT2D eigenvalue weighted by Gasteiger charge is -2.53. The van der Waals surface area contributed by atoms with E-state index in [0.29, 0.717) is 22.6 Å². The van der Waals surface area contributed by atoms with Gasteiger partial charge < -0.3 is 20.1 Å². The van der Waals surface area contributed by atoms with Gasteiger partial charge in [-0.1, -0.05) is 18.2 Å². The summed E-state index contributed by atoms with van der Waals surface area (Å²) in [5.74, 6) is -0.108. The van der Waals surface area contributed by atoms with Crippen LogP contribution >= 0.6 is 0 Å². The fourth-order valence-electron chi connectivity index (χ4n) is 6.86. The minimum atomic E-state index is -0.108. The molecule has 1 aromatic carbocycles. The average Bonchev–Trinajstić information content (AvgIpc) is 2.83. The van der Waals surface area contributed by atoms with Gasteiger partial charge in [-0.3, -0.25) is 9.59 Å². The van der Waals surface area contributed by atoms with Gasteiger partial charge in [-0.2, -0.15) is 0 Å². The van der Waals surface area contributed by atoms with Gasteiger partial charge in [-0.25, -0.2) is 0 Å². The first-order valence-electron chi connectivity index (χ1n) is 13.6. The van der Waals surface area contributed by atoms with Crippen LogP contribution in [0.2, 0.25) is 0 Å². The van der Waals surface area contributed by atoms with Crippen molar-refractivity contribution in [1.29, 1.82) is 0 Å². The minimum Gasteiger partial charge on any atom is -0.369 e. The fourth-order valence-corrected chi connectivity index (χ4v) is 6.86. The topological polar surface area (TPSA) is 68.4 Å². The first-order chi connectivity index (χ1) is 17.4. The van der Waals surface area contributed by atoms with E-state index < -0.39 is 0 Å². The lowest BCUT2D eigenvalue weighted by molar-refractivity contribution is -0.0137. The van der Waals surface area contributed by atoms with E-state index >= 15 is 0 Å². The Bertz CT molecular complexity index is 1200. The first-order valence-corrected chi connectivity index (χ1v) is 13.6. The number of carbonyl (C=O) groups is 1. The molecule has 3 heterocycles. The van der Waals surface area contributed by atoms with Crippen LogP contribution in [0.15, 0.2) is 41.2 Å².